The molecule has 4 saturated carbocycles. The zero-order valence-corrected chi connectivity index (χ0v) is 9.80. The molecule has 0 saturated heterocycles. The van der Waals surface area contributed by atoms with Gasteiger partial charge in [0.2, 0.25) is 0 Å². The Balaban J connectivity index is 1.97. The van der Waals surface area contributed by atoms with Crippen molar-refractivity contribution in [2.45, 2.75) is 50.7 Å². The summed E-state index contributed by atoms with van der Waals surface area (Å²) in [5, 5.41) is 0. The van der Waals surface area contributed by atoms with Gasteiger partial charge in [-0.25, -0.2) is 4.79 Å². The fourth-order valence-electron chi connectivity index (χ4n) is 4.26. The summed E-state index contributed by atoms with van der Waals surface area (Å²) in [4.78, 5) is 11.3. The smallest absolute Gasteiger partial charge is 0.452 e. The Kier molecular flexibility index (Phi) is 1.86. The second kappa shape index (κ2) is 3.64. The van der Waals surface area contributed by atoms with Crippen LogP contribution >= 0.6 is 0 Å². The van der Waals surface area contributed by atoms with Gasteiger partial charge >= 0.3 is 12.1 Å². The van der Waals surface area contributed by atoms with Crippen LogP contribution in [0.1, 0.15) is 43.1 Å². The first kappa shape index (κ1) is 9.21. The third kappa shape index (κ3) is 1.74. The lowest BCUT2D eigenvalue weighted by Crippen LogP contribution is -2.58. The van der Waals surface area contributed by atoms with E-state index in [0.29, 0.717) is 37.5 Å². The molecule has 0 aromatic carbocycles. The Hall–Kier alpha value is -0.740. The number of hydrogen-bond acceptors (Lipinski definition) is 2. The molecule has 5 heteroatoms. The number of hydrogen-bond donors (Lipinski definition) is 0. The van der Waals surface area contributed by atoms with Crippen LogP contribution < -0.4 is 0 Å². The normalized spacial score (nSPS) is 49.4. The first-order chi connectivity index (χ1) is 9.54. The van der Waals surface area contributed by atoms with Crippen molar-refractivity contribution in [2.24, 2.45) is 23.7 Å². The van der Waals surface area contributed by atoms with E-state index in [1.54, 1.807) is 0 Å². The lowest BCUT2D eigenvalue weighted by Gasteiger charge is -2.59. The molecule has 2 nitrogen and oxygen atoms in total. The van der Waals surface area contributed by atoms with E-state index in [-0.39, 0.29) is 0 Å². The van der Waals surface area contributed by atoms with Gasteiger partial charge in [0.05, 0.1) is 0 Å². The number of ether oxygens (including phenoxy) is 1. The minimum Gasteiger partial charge on any atom is -0.452 e. The van der Waals surface area contributed by atoms with Crippen molar-refractivity contribution in [3.05, 3.63) is 0 Å². The SMILES string of the molecule is [2H]C([2H])([2H])C1(OC(=O)C(F)(F)F)C2CC3CC(C2)CC1C3. The van der Waals surface area contributed by atoms with Gasteiger partial charge in [-0.15, -0.1) is 0 Å². The van der Waals surface area contributed by atoms with E-state index in [4.69, 9.17) is 8.85 Å². The third-order valence-corrected chi connectivity index (χ3v) is 4.84. The average molecular weight is 265 g/mol. The van der Waals surface area contributed by atoms with E-state index in [2.05, 4.69) is 0 Å². The van der Waals surface area contributed by atoms with Crippen molar-refractivity contribution in [3.8, 4) is 0 Å². The van der Waals surface area contributed by atoms with Crippen molar-refractivity contribution in [1.29, 1.82) is 0 Å². The Morgan fingerprint density at radius 3 is 2.06 bits per heavy atom. The standard InChI is InChI=1S/C13H17F3O2/c1-12(18-11(17)13(14,15)16)9-3-7-2-8(5-9)6-10(12)4-7/h7-10H,2-6H2,1H3/i1D3. The average Bonchev–Trinajstić information content (AvgIpc) is 2.29. The second-order valence-electron chi connectivity index (χ2n) is 5.98. The number of alkyl halides is 3. The highest BCUT2D eigenvalue weighted by Gasteiger charge is 2.59. The van der Waals surface area contributed by atoms with Gasteiger partial charge in [0, 0.05) is 4.11 Å². The first-order valence-corrected chi connectivity index (χ1v) is 6.34. The topological polar surface area (TPSA) is 26.3 Å². The second-order valence-corrected chi connectivity index (χ2v) is 5.98. The van der Waals surface area contributed by atoms with E-state index in [9.17, 15) is 18.0 Å². The molecular weight excluding hydrogens is 245 g/mol. The van der Waals surface area contributed by atoms with Crippen molar-refractivity contribution in [3.63, 3.8) is 0 Å². The summed E-state index contributed by atoms with van der Waals surface area (Å²) < 4.78 is 65.6. The van der Waals surface area contributed by atoms with Gasteiger partial charge in [-0.05, 0) is 62.6 Å². The van der Waals surface area contributed by atoms with Gasteiger partial charge in [0.15, 0.2) is 0 Å². The zero-order valence-electron chi connectivity index (χ0n) is 12.8. The number of esters is 1. The summed E-state index contributed by atoms with van der Waals surface area (Å²) in [5.74, 6) is -2.59. The molecule has 0 N–H and O–H groups in total. The maximum Gasteiger partial charge on any atom is 0.490 e. The van der Waals surface area contributed by atoms with Crippen LogP contribution in [0.2, 0.25) is 0 Å². The molecule has 4 fully saturated rings. The Morgan fingerprint density at radius 2 is 1.67 bits per heavy atom. The number of carbonyl (C=O) groups excluding carboxylic acids is 1. The van der Waals surface area contributed by atoms with E-state index in [1.165, 1.54) is 0 Å². The summed E-state index contributed by atoms with van der Waals surface area (Å²) in [6.45, 7) is -2.73. The minimum absolute atomic E-state index is 0.368. The molecule has 0 spiro atoms. The largest absolute Gasteiger partial charge is 0.490 e. The molecule has 0 aromatic rings. The van der Waals surface area contributed by atoms with Crippen LogP contribution in [0.15, 0.2) is 0 Å². The van der Waals surface area contributed by atoms with Crippen LogP contribution in [0.5, 0.6) is 0 Å². The van der Waals surface area contributed by atoms with Crippen LogP contribution in [0.4, 0.5) is 13.2 Å². The zero-order chi connectivity index (χ0) is 15.6. The molecule has 102 valence electrons. The van der Waals surface area contributed by atoms with Gasteiger partial charge in [0.1, 0.15) is 5.60 Å². The Bertz CT molecular complexity index is 431. The molecule has 4 aliphatic carbocycles. The van der Waals surface area contributed by atoms with E-state index >= 15 is 0 Å². The summed E-state index contributed by atoms with van der Waals surface area (Å²) in [7, 11) is 0. The van der Waals surface area contributed by atoms with E-state index < -0.39 is 36.4 Å². The van der Waals surface area contributed by atoms with Gasteiger partial charge in [-0.3, -0.25) is 0 Å². The van der Waals surface area contributed by atoms with Crippen LogP contribution in [-0.4, -0.2) is 17.7 Å². The molecule has 0 atom stereocenters. The third-order valence-electron chi connectivity index (χ3n) is 4.84. The lowest BCUT2D eigenvalue weighted by atomic mass is 9.50. The van der Waals surface area contributed by atoms with Gasteiger partial charge in [0.25, 0.3) is 0 Å². The molecule has 0 heterocycles. The lowest BCUT2D eigenvalue weighted by molar-refractivity contribution is -0.240. The molecule has 4 aliphatic rings. The molecule has 0 amide bonds. The highest BCUT2D eigenvalue weighted by molar-refractivity contribution is 5.76. The fraction of sp³-hybridized carbons (Fsp3) is 0.923. The highest BCUT2D eigenvalue weighted by atomic mass is 19.4. The predicted octanol–water partition coefficient (Wildman–Crippen LogP) is 3.31. The van der Waals surface area contributed by atoms with Gasteiger partial charge < -0.3 is 4.74 Å². The van der Waals surface area contributed by atoms with Crippen LogP contribution in [0, 0.1) is 23.7 Å². The Labute approximate surface area is 108 Å². The molecular formula is C13H17F3O2. The maximum atomic E-state index is 12.6. The summed E-state index contributed by atoms with van der Waals surface area (Å²) in [5.41, 5.74) is -1.95. The quantitative estimate of drug-likeness (QED) is 0.680. The molecule has 0 unspecified atom stereocenters. The number of carbonyl (C=O) groups is 1. The summed E-state index contributed by atoms with van der Waals surface area (Å²) in [6, 6.07) is 0. The monoisotopic (exact) mass is 265 g/mol. The van der Waals surface area contributed by atoms with Gasteiger partial charge in [-0.2, -0.15) is 13.2 Å². The molecule has 4 rings (SSSR count). The van der Waals surface area contributed by atoms with Crippen LogP contribution in [0.3, 0.4) is 0 Å². The summed E-state index contributed by atoms with van der Waals surface area (Å²) >= 11 is 0. The van der Waals surface area contributed by atoms with E-state index in [0.717, 1.165) is 6.42 Å². The molecule has 18 heavy (non-hydrogen) atoms. The van der Waals surface area contributed by atoms with Crippen molar-refractivity contribution in [1.82, 2.24) is 0 Å². The molecule has 0 radical (unpaired) electrons. The van der Waals surface area contributed by atoms with Crippen molar-refractivity contribution in [2.75, 3.05) is 0 Å². The molecule has 0 aromatic heterocycles. The highest BCUT2D eigenvalue weighted by Crippen LogP contribution is 2.59. The minimum atomic E-state index is -5.16. The predicted molar refractivity (Wildman–Crippen MR) is 57.6 cm³/mol. The van der Waals surface area contributed by atoms with Crippen molar-refractivity contribution >= 4 is 5.97 Å². The Morgan fingerprint density at radius 1 is 1.17 bits per heavy atom. The maximum absolute atomic E-state index is 12.6. The van der Waals surface area contributed by atoms with Crippen LogP contribution in [0.25, 0.3) is 0 Å². The van der Waals surface area contributed by atoms with Gasteiger partial charge in [-0.1, -0.05) is 0 Å². The molecule has 0 aliphatic heterocycles. The molecule has 4 bridgehead atoms. The van der Waals surface area contributed by atoms with Crippen LogP contribution in [-0.2, 0) is 9.53 Å². The van der Waals surface area contributed by atoms with E-state index in [1.807, 2.05) is 0 Å². The first-order valence-electron chi connectivity index (χ1n) is 7.84. The number of halogens is 3. The number of rotatable bonds is 1. The summed E-state index contributed by atoms with van der Waals surface area (Å²) in [6.07, 6.45) is -1.93. The fourth-order valence-corrected chi connectivity index (χ4v) is 4.26. The van der Waals surface area contributed by atoms with Crippen molar-refractivity contribution < 1.29 is 26.8 Å².